The maximum Gasteiger partial charge on any atom is 0.222 e. The third-order valence-electron chi connectivity index (χ3n) is 5.55. The van der Waals surface area contributed by atoms with Crippen molar-refractivity contribution in [3.05, 3.63) is 65.7 Å². The number of carbonyl (C=O) groups excluding carboxylic acids is 2. The normalized spacial score (nSPS) is 15.9. The Morgan fingerprint density at radius 3 is 2.62 bits per heavy atom. The van der Waals surface area contributed by atoms with Gasteiger partial charge in [-0.05, 0) is 42.0 Å². The van der Waals surface area contributed by atoms with Crippen molar-refractivity contribution in [3.8, 4) is 5.75 Å². The Labute approximate surface area is 173 Å². The van der Waals surface area contributed by atoms with Crippen molar-refractivity contribution in [2.45, 2.75) is 32.2 Å². The average Bonchev–Trinajstić information content (AvgIpc) is 3.21. The van der Waals surface area contributed by atoms with Gasteiger partial charge in [0.1, 0.15) is 5.75 Å². The molecule has 1 saturated heterocycles. The molecule has 5 heteroatoms. The molecule has 1 aliphatic rings. The Morgan fingerprint density at radius 1 is 1.10 bits per heavy atom. The molecule has 1 unspecified atom stereocenters. The van der Waals surface area contributed by atoms with E-state index in [1.165, 1.54) is 0 Å². The summed E-state index contributed by atoms with van der Waals surface area (Å²) in [6.07, 6.45) is 2.59. The molecule has 3 rings (SSSR count). The summed E-state index contributed by atoms with van der Waals surface area (Å²) in [6, 6.07) is 17.8. The molecule has 0 aromatic heterocycles. The minimum absolute atomic E-state index is 0.143. The van der Waals surface area contributed by atoms with Crippen LogP contribution in [-0.2, 0) is 22.6 Å². The number of benzene rings is 2. The van der Waals surface area contributed by atoms with E-state index in [-0.39, 0.29) is 17.7 Å². The number of methoxy groups -OCH3 is 1. The molecule has 1 heterocycles. The fraction of sp³-hybridized carbons (Fsp3) is 0.417. The molecule has 1 fully saturated rings. The highest BCUT2D eigenvalue weighted by Crippen LogP contribution is 2.22. The minimum Gasteiger partial charge on any atom is -0.497 e. The van der Waals surface area contributed by atoms with E-state index in [1.54, 1.807) is 12.0 Å². The second kappa shape index (κ2) is 10.1. The third kappa shape index (κ3) is 6.08. The molecule has 0 aliphatic carbocycles. The predicted octanol–water partition coefficient (Wildman–Crippen LogP) is 3.53. The van der Waals surface area contributed by atoms with Crippen molar-refractivity contribution in [3.63, 3.8) is 0 Å². The smallest absolute Gasteiger partial charge is 0.222 e. The Balaban J connectivity index is 1.43. The first-order valence-electron chi connectivity index (χ1n) is 10.2. The zero-order valence-electron chi connectivity index (χ0n) is 17.3. The number of nitrogens with zero attached hydrogens (tertiary/aromatic N) is 2. The van der Waals surface area contributed by atoms with Crippen LogP contribution in [0.5, 0.6) is 5.75 Å². The van der Waals surface area contributed by atoms with Crippen molar-refractivity contribution < 1.29 is 14.3 Å². The highest BCUT2D eigenvalue weighted by Gasteiger charge is 2.28. The molecule has 29 heavy (non-hydrogen) atoms. The molecular formula is C24H30N2O3. The summed E-state index contributed by atoms with van der Waals surface area (Å²) < 4.78 is 5.24. The van der Waals surface area contributed by atoms with Crippen LogP contribution < -0.4 is 4.74 Å². The lowest BCUT2D eigenvalue weighted by Crippen LogP contribution is -2.31. The molecule has 0 N–H and O–H groups in total. The summed E-state index contributed by atoms with van der Waals surface area (Å²) in [4.78, 5) is 28.8. The summed E-state index contributed by atoms with van der Waals surface area (Å²) in [5, 5.41) is 0. The van der Waals surface area contributed by atoms with Crippen molar-refractivity contribution in [1.82, 2.24) is 9.80 Å². The molecule has 2 amide bonds. The van der Waals surface area contributed by atoms with E-state index in [1.807, 2.05) is 66.5 Å². The summed E-state index contributed by atoms with van der Waals surface area (Å²) in [5.74, 6) is 1.38. The lowest BCUT2D eigenvalue weighted by molar-refractivity contribution is -0.133. The van der Waals surface area contributed by atoms with Gasteiger partial charge in [-0.2, -0.15) is 0 Å². The quantitative estimate of drug-likeness (QED) is 0.688. The first-order chi connectivity index (χ1) is 14.0. The first kappa shape index (κ1) is 20.9. The molecule has 0 radical (unpaired) electrons. The van der Waals surface area contributed by atoms with E-state index in [0.717, 1.165) is 29.8 Å². The van der Waals surface area contributed by atoms with Crippen LogP contribution in [0, 0.1) is 5.92 Å². The number of carbonyl (C=O) groups is 2. The van der Waals surface area contributed by atoms with E-state index >= 15 is 0 Å². The first-order valence-corrected chi connectivity index (χ1v) is 10.2. The van der Waals surface area contributed by atoms with Gasteiger partial charge in [-0.15, -0.1) is 0 Å². The highest BCUT2D eigenvalue weighted by atomic mass is 16.5. The topological polar surface area (TPSA) is 49.9 Å². The second-order valence-electron chi connectivity index (χ2n) is 7.79. The molecule has 1 atom stereocenters. The van der Waals surface area contributed by atoms with Gasteiger partial charge in [0.15, 0.2) is 0 Å². The summed E-state index contributed by atoms with van der Waals surface area (Å²) >= 11 is 0. The van der Waals surface area contributed by atoms with Crippen molar-refractivity contribution >= 4 is 11.8 Å². The summed E-state index contributed by atoms with van der Waals surface area (Å²) in [7, 11) is 3.49. The Morgan fingerprint density at radius 2 is 1.86 bits per heavy atom. The Bertz CT molecular complexity index is 822. The predicted molar refractivity (Wildman–Crippen MR) is 114 cm³/mol. The zero-order valence-corrected chi connectivity index (χ0v) is 17.3. The highest BCUT2D eigenvalue weighted by molar-refractivity contribution is 5.78. The number of hydrogen-bond acceptors (Lipinski definition) is 3. The molecule has 154 valence electrons. The van der Waals surface area contributed by atoms with Gasteiger partial charge in [0, 0.05) is 39.5 Å². The Hall–Kier alpha value is -2.82. The average molecular weight is 395 g/mol. The molecule has 0 saturated carbocycles. The molecule has 0 bridgehead atoms. The number of rotatable bonds is 8. The second-order valence-corrected chi connectivity index (χ2v) is 7.79. The number of ether oxygens (including phenoxy) is 1. The third-order valence-corrected chi connectivity index (χ3v) is 5.55. The molecule has 1 aliphatic heterocycles. The van der Waals surface area contributed by atoms with Crippen LogP contribution >= 0.6 is 0 Å². The van der Waals surface area contributed by atoms with Gasteiger partial charge in [0.25, 0.3) is 0 Å². The summed E-state index contributed by atoms with van der Waals surface area (Å²) in [6.45, 7) is 2.05. The standard InChI is InChI=1S/C24H30N2O3/c1-25(17-20-7-4-3-5-8-20)24(28)16-21-13-14-26(18-21)23(27)12-11-19-9-6-10-22(15-19)29-2/h3-10,15,21H,11-14,16-18H2,1-2H3. The lowest BCUT2D eigenvalue weighted by Gasteiger charge is -2.20. The molecule has 5 nitrogen and oxygen atoms in total. The van der Waals surface area contributed by atoms with E-state index in [2.05, 4.69) is 0 Å². The van der Waals surface area contributed by atoms with E-state index < -0.39 is 0 Å². The molecular weight excluding hydrogens is 364 g/mol. The van der Waals surface area contributed by atoms with Crippen LogP contribution in [0.2, 0.25) is 0 Å². The van der Waals surface area contributed by atoms with E-state index in [0.29, 0.717) is 32.4 Å². The number of amides is 2. The summed E-state index contributed by atoms with van der Waals surface area (Å²) in [5.41, 5.74) is 2.23. The number of hydrogen-bond donors (Lipinski definition) is 0. The van der Waals surface area contributed by atoms with E-state index in [9.17, 15) is 9.59 Å². The zero-order chi connectivity index (χ0) is 20.6. The molecule has 0 spiro atoms. The van der Waals surface area contributed by atoms with Crippen LogP contribution in [0.25, 0.3) is 0 Å². The van der Waals surface area contributed by atoms with Crippen LogP contribution in [-0.4, -0.2) is 48.9 Å². The van der Waals surface area contributed by atoms with Crippen molar-refractivity contribution in [2.24, 2.45) is 5.92 Å². The maximum atomic E-state index is 12.6. The van der Waals surface area contributed by atoms with Crippen LogP contribution in [0.3, 0.4) is 0 Å². The maximum absolute atomic E-state index is 12.6. The van der Waals surface area contributed by atoms with E-state index in [4.69, 9.17) is 4.74 Å². The van der Waals surface area contributed by atoms with Crippen molar-refractivity contribution in [2.75, 3.05) is 27.2 Å². The van der Waals surface area contributed by atoms with Crippen LogP contribution in [0.4, 0.5) is 0 Å². The molecule has 2 aromatic rings. The lowest BCUT2D eigenvalue weighted by atomic mass is 10.0. The van der Waals surface area contributed by atoms with Gasteiger partial charge in [0.05, 0.1) is 7.11 Å². The van der Waals surface area contributed by atoms with Gasteiger partial charge in [-0.1, -0.05) is 42.5 Å². The van der Waals surface area contributed by atoms with Gasteiger partial charge < -0.3 is 14.5 Å². The van der Waals surface area contributed by atoms with Gasteiger partial charge in [-0.25, -0.2) is 0 Å². The van der Waals surface area contributed by atoms with Crippen LogP contribution in [0.15, 0.2) is 54.6 Å². The van der Waals surface area contributed by atoms with Crippen LogP contribution in [0.1, 0.15) is 30.4 Å². The fourth-order valence-electron chi connectivity index (χ4n) is 3.81. The minimum atomic E-state index is 0.143. The van der Waals surface area contributed by atoms with Gasteiger partial charge in [0.2, 0.25) is 11.8 Å². The Kier molecular flexibility index (Phi) is 7.28. The monoisotopic (exact) mass is 394 g/mol. The number of aryl methyl sites for hydroxylation is 1. The SMILES string of the molecule is COc1cccc(CCC(=O)N2CCC(CC(=O)N(C)Cc3ccccc3)C2)c1. The number of likely N-dealkylation sites (tertiary alicyclic amines) is 1. The van der Waals surface area contributed by atoms with Gasteiger partial charge in [-0.3, -0.25) is 9.59 Å². The fourth-order valence-corrected chi connectivity index (χ4v) is 3.81. The molecule has 2 aromatic carbocycles. The van der Waals surface area contributed by atoms with Crippen molar-refractivity contribution in [1.29, 1.82) is 0 Å². The van der Waals surface area contributed by atoms with Gasteiger partial charge >= 0.3 is 0 Å². The largest absolute Gasteiger partial charge is 0.497 e.